The van der Waals surface area contributed by atoms with E-state index in [4.69, 9.17) is 0 Å². The van der Waals surface area contributed by atoms with Crippen LogP contribution in [0, 0.1) is 0 Å². The van der Waals surface area contributed by atoms with Gasteiger partial charge in [0.05, 0.1) is 5.39 Å². The Kier molecular flexibility index (Phi) is 3.11. The lowest BCUT2D eigenvalue weighted by Gasteiger charge is -2.18. The number of hydrogen-bond donors (Lipinski definition) is 2. The molecule has 2 N–H and O–H groups in total. The van der Waals surface area contributed by atoms with Gasteiger partial charge in [-0.15, -0.1) is 0 Å². The number of hydrogen-bond acceptors (Lipinski definition) is 6. The molecule has 1 unspecified atom stereocenters. The molecule has 2 fully saturated rings. The van der Waals surface area contributed by atoms with Gasteiger partial charge < -0.3 is 15.2 Å². The normalized spacial score (nSPS) is 20.7. The molecule has 1 aliphatic carbocycles. The number of nitrogens with zero attached hydrogens (tertiary/aromatic N) is 5. The van der Waals surface area contributed by atoms with Crippen molar-refractivity contribution in [3.05, 3.63) is 36.7 Å². The average Bonchev–Trinajstić information content (AvgIpc) is 3.17. The SMILES string of the molecule is c1cc(NC2CCN(c3ncnc4[nH]ccc34)C2)nc(C2CC2)n1. The van der Waals surface area contributed by atoms with E-state index in [1.807, 2.05) is 24.5 Å². The Balaban J connectivity index is 1.32. The van der Waals surface area contributed by atoms with Gasteiger partial charge in [0, 0.05) is 37.4 Å². The van der Waals surface area contributed by atoms with E-state index in [1.54, 1.807) is 6.33 Å². The highest BCUT2D eigenvalue weighted by molar-refractivity contribution is 5.87. The van der Waals surface area contributed by atoms with Crippen molar-refractivity contribution in [1.29, 1.82) is 0 Å². The van der Waals surface area contributed by atoms with E-state index in [0.29, 0.717) is 12.0 Å². The molecule has 3 aromatic heterocycles. The summed E-state index contributed by atoms with van der Waals surface area (Å²) in [6.07, 6.45) is 8.92. The third kappa shape index (κ3) is 2.46. The van der Waals surface area contributed by atoms with E-state index in [9.17, 15) is 0 Å². The molecule has 1 atom stereocenters. The second-order valence-corrected chi connectivity index (χ2v) is 6.59. The zero-order valence-corrected chi connectivity index (χ0v) is 13.3. The van der Waals surface area contributed by atoms with Crippen LogP contribution < -0.4 is 10.2 Å². The van der Waals surface area contributed by atoms with Crippen molar-refractivity contribution >= 4 is 22.7 Å². The summed E-state index contributed by atoms with van der Waals surface area (Å²) in [5.41, 5.74) is 0.890. The maximum absolute atomic E-state index is 4.67. The number of rotatable bonds is 4. The summed E-state index contributed by atoms with van der Waals surface area (Å²) in [7, 11) is 0. The molecule has 0 aromatic carbocycles. The maximum Gasteiger partial charge on any atom is 0.142 e. The minimum absolute atomic E-state index is 0.371. The van der Waals surface area contributed by atoms with Crippen molar-refractivity contribution in [2.75, 3.05) is 23.3 Å². The number of H-pyrrole nitrogens is 1. The molecule has 7 heteroatoms. The van der Waals surface area contributed by atoms with Crippen LogP contribution in [0.1, 0.15) is 31.0 Å². The van der Waals surface area contributed by atoms with Crippen LogP contribution in [0.5, 0.6) is 0 Å². The average molecular weight is 321 g/mol. The van der Waals surface area contributed by atoms with Crippen LogP contribution in [0.3, 0.4) is 0 Å². The Morgan fingerprint density at radius 3 is 3.00 bits per heavy atom. The van der Waals surface area contributed by atoms with Gasteiger partial charge in [-0.1, -0.05) is 0 Å². The summed E-state index contributed by atoms with van der Waals surface area (Å²) in [5, 5.41) is 4.64. The molecular formula is C17H19N7. The molecule has 5 rings (SSSR count). The minimum atomic E-state index is 0.371. The number of aromatic amines is 1. The smallest absolute Gasteiger partial charge is 0.142 e. The first-order valence-electron chi connectivity index (χ1n) is 8.49. The van der Waals surface area contributed by atoms with Crippen molar-refractivity contribution in [1.82, 2.24) is 24.9 Å². The summed E-state index contributed by atoms with van der Waals surface area (Å²) in [4.78, 5) is 23.3. The predicted octanol–water partition coefficient (Wildman–Crippen LogP) is 2.32. The van der Waals surface area contributed by atoms with Gasteiger partial charge in [0.15, 0.2) is 0 Å². The second-order valence-electron chi connectivity index (χ2n) is 6.59. The fraction of sp³-hybridized carbons (Fsp3) is 0.412. The predicted molar refractivity (Wildman–Crippen MR) is 92.1 cm³/mol. The first-order valence-corrected chi connectivity index (χ1v) is 8.49. The van der Waals surface area contributed by atoms with Crippen molar-refractivity contribution in [3.63, 3.8) is 0 Å². The monoisotopic (exact) mass is 321 g/mol. The van der Waals surface area contributed by atoms with Gasteiger partial charge >= 0.3 is 0 Å². The first-order chi connectivity index (χ1) is 11.9. The Hall–Kier alpha value is -2.70. The fourth-order valence-corrected chi connectivity index (χ4v) is 3.38. The molecule has 7 nitrogen and oxygen atoms in total. The van der Waals surface area contributed by atoms with Crippen LogP contribution in [-0.4, -0.2) is 44.1 Å². The molecule has 0 radical (unpaired) electrons. The van der Waals surface area contributed by atoms with Crippen molar-refractivity contribution in [3.8, 4) is 0 Å². The van der Waals surface area contributed by atoms with Crippen LogP contribution in [0.4, 0.5) is 11.6 Å². The molecule has 1 aliphatic heterocycles. The molecular weight excluding hydrogens is 302 g/mol. The van der Waals surface area contributed by atoms with Crippen LogP contribution in [0.2, 0.25) is 0 Å². The summed E-state index contributed by atoms with van der Waals surface area (Å²) in [5.74, 6) is 3.51. The maximum atomic E-state index is 4.67. The molecule has 122 valence electrons. The molecule has 0 amide bonds. The van der Waals surface area contributed by atoms with Gasteiger partial charge in [-0.2, -0.15) is 0 Å². The number of anilines is 2. The van der Waals surface area contributed by atoms with Gasteiger partial charge in [0.1, 0.15) is 29.4 Å². The van der Waals surface area contributed by atoms with Gasteiger partial charge in [-0.25, -0.2) is 19.9 Å². The van der Waals surface area contributed by atoms with Crippen molar-refractivity contribution < 1.29 is 0 Å². The fourth-order valence-electron chi connectivity index (χ4n) is 3.38. The van der Waals surface area contributed by atoms with Gasteiger partial charge in [-0.05, 0) is 31.4 Å². The third-order valence-corrected chi connectivity index (χ3v) is 4.79. The Bertz CT molecular complexity index is 870. The van der Waals surface area contributed by atoms with Crippen LogP contribution in [-0.2, 0) is 0 Å². The van der Waals surface area contributed by atoms with E-state index in [0.717, 1.165) is 48.0 Å². The molecule has 1 saturated heterocycles. The largest absolute Gasteiger partial charge is 0.365 e. The summed E-state index contributed by atoms with van der Waals surface area (Å²) in [6, 6.07) is 4.37. The number of aromatic nitrogens is 5. The molecule has 3 aromatic rings. The van der Waals surface area contributed by atoms with Crippen LogP contribution in [0.15, 0.2) is 30.9 Å². The first kappa shape index (κ1) is 13.7. The molecule has 0 spiro atoms. The Morgan fingerprint density at radius 1 is 1.12 bits per heavy atom. The molecule has 0 bridgehead atoms. The van der Waals surface area contributed by atoms with E-state index >= 15 is 0 Å². The standard InChI is InChI=1S/C17H19N7/c1-2-11(1)15-18-7-4-14(23-15)22-12-5-8-24(9-12)17-13-3-6-19-16(13)20-10-21-17/h3-4,6-7,10-12H,1-2,5,8-9H2,(H,18,22,23)(H,19,20,21). The minimum Gasteiger partial charge on any atom is -0.365 e. The van der Waals surface area contributed by atoms with Crippen molar-refractivity contribution in [2.45, 2.75) is 31.2 Å². The van der Waals surface area contributed by atoms with Gasteiger partial charge in [0.2, 0.25) is 0 Å². The topological polar surface area (TPSA) is 82.6 Å². The number of fused-ring (bicyclic) bond motifs is 1. The van der Waals surface area contributed by atoms with E-state index < -0.39 is 0 Å². The molecule has 24 heavy (non-hydrogen) atoms. The summed E-state index contributed by atoms with van der Waals surface area (Å²) < 4.78 is 0. The zero-order chi connectivity index (χ0) is 15.9. The number of nitrogens with one attached hydrogen (secondary N) is 2. The highest BCUT2D eigenvalue weighted by Gasteiger charge is 2.28. The van der Waals surface area contributed by atoms with Crippen LogP contribution in [0.25, 0.3) is 11.0 Å². The van der Waals surface area contributed by atoms with E-state index in [2.05, 4.69) is 35.1 Å². The van der Waals surface area contributed by atoms with E-state index in [1.165, 1.54) is 12.8 Å². The molecule has 2 aliphatic rings. The highest BCUT2D eigenvalue weighted by atomic mass is 15.2. The summed E-state index contributed by atoms with van der Waals surface area (Å²) in [6.45, 7) is 1.90. The Labute approximate surface area is 139 Å². The highest BCUT2D eigenvalue weighted by Crippen LogP contribution is 2.38. The summed E-state index contributed by atoms with van der Waals surface area (Å²) >= 11 is 0. The van der Waals surface area contributed by atoms with Crippen molar-refractivity contribution in [2.24, 2.45) is 0 Å². The van der Waals surface area contributed by atoms with Crippen LogP contribution >= 0.6 is 0 Å². The molecule has 4 heterocycles. The van der Waals surface area contributed by atoms with Gasteiger partial charge in [0.25, 0.3) is 0 Å². The quantitative estimate of drug-likeness (QED) is 0.767. The Morgan fingerprint density at radius 2 is 2.08 bits per heavy atom. The second kappa shape index (κ2) is 5.43. The molecule has 1 saturated carbocycles. The van der Waals surface area contributed by atoms with E-state index in [-0.39, 0.29) is 0 Å². The lowest BCUT2D eigenvalue weighted by Crippen LogP contribution is -2.27. The lowest BCUT2D eigenvalue weighted by molar-refractivity contribution is 0.793. The van der Waals surface area contributed by atoms with Gasteiger partial charge in [-0.3, -0.25) is 0 Å². The third-order valence-electron chi connectivity index (χ3n) is 4.79. The zero-order valence-electron chi connectivity index (χ0n) is 13.3. The lowest BCUT2D eigenvalue weighted by atomic mass is 10.2.